The lowest BCUT2D eigenvalue weighted by Crippen LogP contribution is -1.99. The average Bonchev–Trinajstić information content (AvgIpc) is 3.41. The summed E-state index contributed by atoms with van der Waals surface area (Å²) >= 11 is 10.3. The molecule has 3 aromatic heterocycles. The lowest BCUT2D eigenvalue weighted by Gasteiger charge is -2.10. The topological polar surface area (TPSA) is 80.3 Å². The van der Waals surface area contributed by atoms with Crippen molar-refractivity contribution in [3.8, 4) is 28.7 Å². The summed E-state index contributed by atoms with van der Waals surface area (Å²) in [4.78, 5) is 8.76. The van der Waals surface area contributed by atoms with E-state index in [1.165, 1.54) is 12.3 Å². The number of pyridine rings is 2. The predicted octanol–water partition coefficient (Wildman–Crippen LogP) is 3.63. The largest absolute Gasteiger partial charge is 0.305 e. The van der Waals surface area contributed by atoms with Gasteiger partial charge in [-0.15, -0.1) is 22.8 Å². The Hall–Kier alpha value is -2.43. The fourth-order valence-corrected chi connectivity index (χ4v) is 2.97. The Labute approximate surface area is 159 Å². The molecule has 1 aliphatic carbocycles. The quantitative estimate of drug-likeness (QED) is 0.561. The molecule has 0 N–H and O–H groups in total. The van der Waals surface area contributed by atoms with Crippen LogP contribution in [0.2, 0.25) is 5.15 Å². The van der Waals surface area contributed by atoms with Crippen LogP contribution in [-0.2, 0) is 6.98 Å². The van der Waals surface area contributed by atoms with Crippen molar-refractivity contribution >= 4 is 24.2 Å². The molecule has 0 amide bonds. The van der Waals surface area contributed by atoms with Crippen LogP contribution >= 0.6 is 24.2 Å². The molecule has 4 rings (SSSR count). The van der Waals surface area contributed by atoms with Crippen molar-refractivity contribution in [2.75, 3.05) is 0 Å². The lowest BCUT2D eigenvalue weighted by molar-refractivity contribution is 0.798. The highest BCUT2D eigenvalue weighted by Gasteiger charge is 2.26. The van der Waals surface area contributed by atoms with Gasteiger partial charge in [-0.25, -0.2) is 4.98 Å². The van der Waals surface area contributed by atoms with Crippen molar-refractivity contribution < 1.29 is 4.11 Å². The Morgan fingerprint density at radius 2 is 2.20 bits per heavy atom. The normalized spacial score (nSPS) is 16.0. The Bertz CT molecular complexity index is 1120. The van der Waals surface area contributed by atoms with Crippen molar-refractivity contribution in [3.63, 3.8) is 0 Å². The summed E-state index contributed by atoms with van der Waals surface area (Å²) in [6.07, 6.45) is 3.52. The number of aromatic nitrogens is 5. The van der Waals surface area contributed by atoms with Gasteiger partial charge in [0, 0.05) is 40.0 Å². The van der Waals surface area contributed by atoms with Crippen LogP contribution in [0.25, 0.3) is 22.6 Å². The molecule has 1 fully saturated rings. The van der Waals surface area contributed by atoms with Gasteiger partial charge in [-0.3, -0.25) is 4.98 Å². The molecule has 0 saturated heterocycles. The van der Waals surface area contributed by atoms with Gasteiger partial charge in [-0.1, -0.05) is 11.6 Å². The van der Waals surface area contributed by atoms with Gasteiger partial charge in [-0.2, -0.15) is 5.26 Å². The molecule has 3 aromatic rings. The second-order valence-corrected chi connectivity index (χ2v) is 6.56. The Balaban J connectivity index is 1.96. The Kier molecular flexibility index (Phi) is 3.16. The van der Waals surface area contributed by atoms with Crippen molar-refractivity contribution in [2.45, 2.75) is 23.9 Å². The average molecular weight is 372 g/mol. The van der Waals surface area contributed by atoms with E-state index in [1.54, 1.807) is 6.07 Å². The van der Waals surface area contributed by atoms with Gasteiger partial charge in [0.2, 0.25) is 0 Å². The van der Waals surface area contributed by atoms with Crippen molar-refractivity contribution in [2.24, 2.45) is 6.98 Å². The molecule has 0 bridgehead atoms. The molecular weight excluding hydrogens is 356 g/mol. The van der Waals surface area contributed by atoms with Crippen LogP contribution in [0.4, 0.5) is 0 Å². The molecule has 3 heterocycles. The summed E-state index contributed by atoms with van der Waals surface area (Å²) in [5, 5.41) is 17.3. The van der Waals surface area contributed by atoms with E-state index in [1.807, 2.05) is 12.1 Å². The van der Waals surface area contributed by atoms with Gasteiger partial charge in [0.1, 0.15) is 11.2 Å². The molecular formula is C17H13ClN6S. The molecule has 1 saturated carbocycles. The third kappa shape index (κ3) is 2.99. The van der Waals surface area contributed by atoms with Crippen LogP contribution in [0.15, 0.2) is 29.6 Å². The van der Waals surface area contributed by atoms with E-state index in [2.05, 4.69) is 32.8 Å². The molecule has 0 spiro atoms. The number of halogens is 1. The number of nitriles is 1. The maximum atomic E-state index is 9.28. The van der Waals surface area contributed by atoms with Crippen molar-refractivity contribution in [1.82, 2.24) is 24.7 Å². The van der Waals surface area contributed by atoms with E-state index in [9.17, 15) is 5.26 Å². The van der Waals surface area contributed by atoms with Gasteiger partial charge >= 0.3 is 0 Å². The van der Waals surface area contributed by atoms with Gasteiger partial charge in [0.15, 0.2) is 11.0 Å². The van der Waals surface area contributed by atoms with Crippen molar-refractivity contribution in [1.29, 1.82) is 5.26 Å². The van der Waals surface area contributed by atoms with E-state index >= 15 is 0 Å². The first-order valence-corrected chi connectivity index (χ1v) is 8.33. The Morgan fingerprint density at radius 3 is 2.92 bits per heavy atom. The molecule has 0 unspecified atom stereocenters. The van der Waals surface area contributed by atoms with Crippen LogP contribution in [0, 0.1) is 11.3 Å². The maximum absolute atomic E-state index is 9.28. The summed E-state index contributed by atoms with van der Waals surface area (Å²) < 4.78 is 24.3. The third-order valence-electron chi connectivity index (χ3n) is 3.99. The summed E-state index contributed by atoms with van der Waals surface area (Å²) in [6.45, 7) is -2.55. The minimum Gasteiger partial charge on any atom is -0.305 e. The van der Waals surface area contributed by atoms with Crippen LogP contribution in [0.5, 0.6) is 0 Å². The van der Waals surface area contributed by atoms with Crippen LogP contribution < -0.4 is 0 Å². The maximum Gasteiger partial charge on any atom is 0.188 e. The summed E-state index contributed by atoms with van der Waals surface area (Å²) in [5.74, 6) is 0.417. The first-order chi connectivity index (χ1) is 13.3. The third-order valence-corrected chi connectivity index (χ3v) is 4.47. The summed E-state index contributed by atoms with van der Waals surface area (Å²) in [7, 11) is 0. The zero-order chi connectivity index (χ0) is 20.1. The fourth-order valence-electron chi connectivity index (χ4n) is 2.62. The minimum absolute atomic E-state index is 0.0468. The Morgan fingerprint density at radius 1 is 1.36 bits per heavy atom. The van der Waals surface area contributed by atoms with Crippen LogP contribution in [-0.4, -0.2) is 24.7 Å². The molecule has 25 heavy (non-hydrogen) atoms. The van der Waals surface area contributed by atoms with E-state index in [0.29, 0.717) is 27.9 Å². The number of hydrogen-bond donors (Lipinski definition) is 1. The molecule has 0 aliphatic heterocycles. The molecule has 0 radical (unpaired) electrons. The molecule has 0 atom stereocenters. The SMILES string of the molecule is [2H]C([2H])([2H])n1c(S)nnc1-c1cc(C#N)cnc1-c1cc(Cl)nc(C2CC2)c1. The minimum atomic E-state index is -2.55. The monoisotopic (exact) mass is 371 g/mol. The van der Waals surface area contributed by atoms with Crippen molar-refractivity contribution in [3.05, 3.63) is 40.8 Å². The predicted molar refractivity (Wildman–Crippen MR) is 96.4 cm³/mol. The number of nitrogens with zero attached hydrogens (tertiary/aromatic N) is 6. The molecule has 0 aromatic carbocycles. The molecule has 1 aliphatic rings. The van der Waals surface area contributed by atoms with Crippen LogP contribution in [0.1, 0.15) is 34.1 Å². The standard InChI is InChI=1S/C17H13ClN6S/c1-24-16(22-23-17(24)25)12-4-9(7-19)8-20-15(12)11-5-13(10-2-3-10)21-14(18)6-11/h4-6,8,10H,2-3H2,1H3,(H,23,25)/i1D3. The highest BCUT2D eigenvalue weighted by molar-refractivity contribution is 7.80. The molecule has 124 valence electrons. The summed E-state index contributed by atoms with van der Waals surface area (Å²) in [5.41, 5.74) is 2.60. The van der Waals surface area contributed by atoms with E-state index < -0.39 is 6.98 Å². The smallest absolute Gasteiger partial charge is 0.188 e. The van der Waals surface area contributed by atoms with E-state index in [0.717, 1.165) is 23.1 Å². The van der Waals surface area contributed by atoms with E-state index in [-0.39, 0.29) is 16.5 Å². The first kappa shape index (κ1) is 12.9. The highest BCUT2D eigenvalue weighted by atomic mass is 35.5. The van der Waals surface area contributed by atoms with Gasteiger partial charge < -0.3 is 4.57 Å². The summed E-state index contributed by atoms with van der Waals surface area (Å²) in [6, 6.07) is 7.09. The number of hydrogen-bond acceptors (Lipinski definition) is 6. The van der Waals surface area contributed by atoms with E-state index in [4.69, 9.17) is 15.7 Å². The molecule has 8 heteroatoms. The first-order valence-electron chi connectivity index (χ1n) is 9.01. The van der Waals surface area contributed by atoms with Gasteiger partial charge in [0.25, 0.3) is 0 Å². The van der Waals surface area contributed by atoms with Gasteiger partial charge in [-0.05, 0) is 31.0 Å². The molecule has 6 nitrogen and oxygen atoms in total. The highest BCUT2D eigenvalue weighted by Crippen LogP contribution is 2.41. The zero-order valence-corrected chi connectivity index (χ0v) is 14.5. The second kappa shape index (κ2) is 6.14. The number of rotatable bonds is 3. The fraction of sp³-hybridized carbons (Fsp3) is 0.235. The lowest BCUT2D eigenvalue weighted by atomic mass is 10.0. The van der Waals surface area contributed by atoms with Gasteiger partial charge in [0.05, 0.1) is 11.3 Å². The zero-order valence-electron chi connectivity index (χ0n) is 15.8. The second-order valence-electron chi connectivity index (χ2n) is 5.77. The van der Waals surface area contributed by atoms with Crippen LogP contribution in [0.3, 0.4) is 0 Å². The number of thiol groups is 1.